The van der Waals surface area contributed by atoms with Crippen LogP contribution in [0.1, 0.15) is 42.6 Å². The number of aliphatic hydroxyl groups is 1. The maximum absolute atomic E-state index is 14.1. The van der Waals surface area contributed by atoms with Gasteiger partial charge in [-0.25, -0.2) is 9.37 Å². The Morgan fingerprint density at radius 1 is 1.38 bits per heavy atom. The van der Waals surface area contributed by atoms with Gasteiger partial charge in [0.25, 0.3) is 5.91 Å². The van der Waals surface area contributed by atoms with Gasteiger partial charge in [0, 0.05) is 32.8 Å². The Kier molecular flexibility index (Phi) is 5.04. The molecule has 0 aromatic carbocycles. The minimum Gasteiger partial charge on any atom is -0.448 e. The van der Waals surface area contributed by atoms with Crippen molar-refractivity contribution in [2.24, 2.45) is 0 Å². The second kappa shape index (κ2) is 7.38. The van der Waals surface area contributed by atoms with Crippen LogP contribution in [0.4, 0.5) is 10.1 Å². The van der Waals surface area contributed by atoms with Crippen LogP contribution in [0.15, 0.2) is 29.1 Å². The molecule has 4 rings (SSSR count). The Morgan fingerprint density at radius 2 is 2.14 bits per heavy atom. The van der Waals surface area contributed by atoms with Crippen LogP contribution in [0.2, 0.25) is 0 Å². The fraction of sp³-hybridized carbons (Fsp3) is 0.550. The Hall–Kier alpha value is -2.52. The first-order chi connectivity index (χ1) is 13.8. The second-order valence-electron chi connectivity index (χ2n) is 8.00. The highest BCUT2D eigenvalue weighted by Crippen LogP contribution is 2.41. The van der Waals surface area contributed by atoms with E-state index in [1.54, 1.807) is 19.2 Å². The quantitative estimate of drug-likeness (QED) is 0.805. The van der Waals surface area contributed by atoms with Gasteiger partial charge in [-0.05, 0) is 32.3 Å². The highest BCUT2D eigenvalue weighted by Gasteiger charge is 2.54. The fourth-order valence-corrected chi connectivity index (χ4v) is 4.35. The predicted octanol–water partition coefficient (Wildman–Crippen LogP) is 1.83. The SMILES string of the molecule is Cc1nc(C(=O)N[C@@]2(C)CCOC3(CCN(c4ccncc4F)CC3)[C@@H]2O)co1. The van der Waals surface area contributed by atoms with Crippen molar-refractivity contribution in [3.8, 4) is 0 Å². The maximum Gasteiger partial charge on any atom is 0.273 e. The van der Waals surface area contributed by atoms with Gasteiger partial charge in [0.15, 0.2) is 17.4 Å². The van der Waals surface area contributed by atoms with E-state index < -0.39 is 23.2 Å². The lowest BCUT2D eigenvalue weighted by molar-refractivity contribution is -0.195. The van der Waals surface area contributed by atoms with Gasteiger partial charge < -0.3 is 24.5 Å². The number of aliphatic hydroxyl groups excluding tert-OH is 1. The number of hydrogen-bond donors (Lipinski definition) is 2. The molecule has 156 valence electrons. The molecule has 0 unspecified atom stereocenters. The van der Waals surface area contributed by atoms with Gasteiger partial charge in [0.05, 0.1) is 23.0 Å². The van der Waals surface area contributed by atoms with Crippen LogP contribution >= 0.6 is 0 Å². The summed E-state index contributed by atoms with van der Waals surface area (Å²) in [5.41, 5.74) is -0.983. The van der Waals surface area contributed by atoms with Crippen molar-refractivity contribution < 1.29 is 23.4 Å². The summed E-state index contributed by atoms with van der Waals surface area (Å²) in [4.78, 5) is 22.4. The number of hydrogen-bond acceptors (Lipinski definition) is 7. The average Bonchev–Trinajstić information content (AvgIpc) is 3.14. The van der Waals surface area contributed by atoms with E-state index >= 15 is 0 Å². The lowest BCUT2D eigenvalue weighted by Crippen LogP contribution is -2.69. The number of pyridine rings is 1. The Balaban J connectivity index is 1.48. The lowest BCUT2D eigenvalue weighted by atomic mass is 9.73. The third kappa shape index (κ3) is 3.60. The second-order valence-corrected chi connectivity index (χ2v) is 8.00. The lowest BCUT2D eigenvalue weighted by Gasteiger charge is -2.53. The van der Waals surface area contributed by atoms with Crippen LogP contribution in [0, 0.1) is 12.7 Å². The number of ether oxygens (including phenoxy) is 1. The molecule has 2 aliphatic rings. The smallest absolute Gasteiger partial charge is 0.273 e. The molecule has 2 fully saturated rings. The van der Waals surface area contributed by atoms with Gasteiger partial charge in [0.2, 0.25) is 0 Å². The van der Waals surface area contributed by atoms with Crippen molar-refractivity contribution >= 4 is 11.6 Å². The summed E-state index contributed by atoms with van der Waals surface area (Å²) < 4.78 is 25.2. The largest absolute Gasteiger partial charge is 0.448 e. The molecule has 2 aromatic rings. The predicted molar refractivity (Wildman–Crippen MR) is 102 cm³/mol. The number of anilines is 1. The number of halogens is 1. The molecule has 2 atom stereocenters. The first-order valence-electron chi connectivity index (χ1n) is 9.74. The zero-order chi connectivity index (χ0) is 20.6. The highest BCUT2D eigenvalue weighted by atomic mass is 19.1. The van der Waals surface area contributed by atoms with Crippen molar-refractivity contribution in [3.05, 3.63) is 42.1 Å². The first kappa shape index (κ1) is 19.8. The molecule has 29 heavy (non-hydrogen) atoms. The van der Waals surface area contributed by atoms with Crippen LogP contribution in [0.5, 0.6) is 0 Å². The summed E-state index contributed by atoms with van der Waals surface area (Å²) in [5, 5.41) is 14.2. The summed E-state index contributed by atoms with van der Waals surface area (Å²) in [5.74, 6) is -0.356. The fourth-order valence-electron chi connectivity index (χ4n) is 4.35. The molecule has 0 saturated carbocycles. The van der Waals surface area contributed by atoms with E-state index in [9.17, 15) is 14.3 Å². The summed E-state index contributed by atoms with van der Waals surface area (Å²) in [6.45, 7) is 4.96. The van der Waals surface area contributed by atoms with E-state index in [2.05, 4.69) is 15.3 Å². The Morgan fingerprint density at radius 3 is 2.79 bits per heavy atom. The van der Waals surface area contributed by atoms with Crippen molar-refractivity contribution in [2.75, 3.05) is 24.6 Å². The monoisotopic (exact) mass is 404 g/mol. The van der Waals surface area contributed by atoms with Gasteiger partial charge in [-0.3, -0.25) is 9.78 Å². The number of aryl methyl sites for hydroxylation is 1. The standard InChI is InChI=1S/C20H25FN4O4/c1-13-23-15(12-28-13)17(26)24-19(2)6-10-29-20(18(19)27)4-8-25(9-5-20)16-3-7-22-11-14(16)21/h3,7,11-12,18,27H,4-6,8-10H2,1-2H3,(H,24,26)/t18-,19+/m1/s1. The molecule has 0 radical (unpaired) electrons. The minimum absolute atomic E-state index is 0.180. The number of oxazole rings is 1. The van der Waals surface area contributed by atoms with Crippen LogP contribution in [0.25, 0.3) is 0 Å². The summed E-state index contributed by atoms with van der Waals surface area (Å²) >= 11 is 0. The topological polar surface area (TPSA) is 101 Å². The van der Waals surface area contributed by atoms with Gasteiger partial charge in [-0.1, -0.05) is 0 Å². The molecule has 1 amide bonds. The van der Waals surface area contributed by atoms with Gasteiger partial charge in [-0.2, -0.15) is 0 Å². The molecule has 2 saturated heterocycles. The molecule has 8 nitrogen and oxygen atoms in total. The number of piperidine rings is 1. The number of carbonyl (C=O) groups excluding carboxylic acids is 1. The summed E-state index contributed by atoms with van der Waals surface area (Å²) in [6.07, 6.45) is 4.66. The Labute approximate surface area is 168 Å². The van der Waals surface area contributed by atoms with Crippen LogP contribution in [-0.2, 0) is 4.74 Å². The molecule has 2 N–H and O–H groups in total. The number of nitrogens with one attached hydrogen (secondary N) is 1. The average molecular weight is 404 g/mol. The van der Waals surface area contributed by atoms with E-state index in [4.69, 9.17) is 9.15 Å². The highest BCUT2D eigenvalue weighted by molar-refractivity contribution is 5.92. The molecular formula is C20H25FN4O4. The first-order valence-corrected chi connectivity index (χ1v) is 9.74. The van der Waals surface area contributed by atoms with E-state index in [1.165, 1.54) is 12.5 Å². The van der Waals surface area contributed by atoms with Gasteiger partial charge >= 0.3 is 0 Å². The van der Waals surface area contributed by atoms with E-state index in [0.29, 0.717) is 50.5 Å². The van der Waals surface area contributed by atoms with Gasteiger partial charge in [0.1, 0.15) is 12.4 Å². The van der Waals surface area contributed by atoms with Crippen molar-refractivity contribution in [3.63, 3.8) is 0 Å². The molecule has 0 aliphatic carbocycles. The molecule has 2 aromatic heterocycles. The Bertz CT molecular complexity index is 896. The number of aromatic nitrogens is 2. The third-order valence-corrected chi connectivity index (χ3v) is 6.07. The van der Waals surface area contributed by atoms with Crippen LogP contribution in [-0.4, -0.2) is 57.9 Å². The molecular weight excluding hydrogens is 379 g/mol. The van der Waals surface area contributed by atoms with Gasteiger partial charge in [-0.15, -0.1) is 0 Å². The van der Waals surface area contributed by atoms with Crippen molar-refractivity contribution in [1.82, 2.24) is 15.3 Å². The number of rotatable bonds is 3. The molecule has 9 heteroatoms. The summed E-state index contributed by atoms with van der Waals surface area (Å²) in [6, 6.07) is 1.65. The number of nitrogens with zero attached hydrogens (tertiary/aromatic N) is 3. The van der Waals surface area contributed by atoms with E-state index in [-0.39, 0.29) is 11.5 Å². The van der Waals surface area contributed by atoms with E-state index in [0.717, 1.165) is 0 Å². The van der Waals surface area contributed by atoms with Crippen molar-refractivity contribution in [2.45, 2.75) is 50.4 Å². The van der Waals surface area contributed by atoms with Crippen LogP contribution < -0.4 is 10.2 Å². The normalized spacial score (nSPS) is 26.5. The molecule has 4 heterocycles. The zero-order valence-electron chi connectivity index (χ0n) is 16.5. The van der Waals surface area contributed by atoms with Crippen molar-refractivity contribution in [1.29, 1.82) is 0 Å². The third-order valence-electron chi connectivity index (χ3n) is 6.07. The van der Waals surface area contributed by atoms with E-state index in [1.807, 2.05) is 11.8 Å². The number of amides is 1. The maximum atomic E-state index is 14.1. The molecule has 2 aliphatic heterocycles. The number of carbonyl (C=O) groups is 1. The molecule has 0 bridgehead atoms. The minimum atomic E-state index is -0.912. The summed E-state index contributed by atoms with van der Waals surface area (Å²) in [7, 11) is 0. The molecule has 1 spiro atoms. The van der Waals surface area contributed by atoms with Crippen LogP contribution in [0.3, 0.4) is 0 Å². The zero-order valence-corrected chi connectivity index (χ0v) is 16.5.